The van der Waals surface area contributed by atoms with Crippen molar-refractivity contribution in [1.82, 2.24) is 19.9 Å². The Labute approximate surface area is 220 Å². The number of aromatic nitrogens is 3. The van der Waals surface area contributed by atoms with Crippen molar-refractivity contribution in [1.29, 1.82) is 0 Å². The first kappa shape index (κ1) is 26.8. The summed E-state index contributed by atoms with van der Waals surface area (Å²) in [5, 5.41) is 28.6. The van der Waals surface area contributed by atoms with Gasteiger partial charge in [-0.15, -0.1) is 5.10 Å². The first-order valence-electron chi connectivity index (χ1n) is 13.0. The number of aliphatic hydroxyl groups is 2. The Morgan fingerprint density at radius 2 is 2.03 bits per heavy atom. The van der Waals surface area contributed by atoms with Crippen LogP contribution in [0.15, 0.2) is 24.4 Å². The average Bonchev–Trinajstić information content (AvgIpc) is 3.51. The van der Waals surface area contributed by atoms with Gasteiger partial charge in [0.25, 0.3) is 0 Å². The molecule has 3 fully saturated rings. The molecule has 5 rings (SSSR count). The van der Waals surface area contributed by atoms with E-state index in [1.165, 1.54) is 11.0 Å². The lowest BCUT2D eigenvalue weighted by Gasteiger charge is -2.40. The number of amides is 1. The number of anilines is 2. The van der Waals surface area contributed by atoms with Gasteiger partial charge in [-0.1, -0.05) is 5.21 Å². The van der Waals surface area contributed by atoms with Gasteiger partial charge in [0.1, 0.15) is 18.0 Å². The molecular weight excluding hydrogens is 499 g/mol. The number of aliphatic hydroxyl groups excluding tert-OH is 2. The highest BCUT2D eigenvalue weighted by Gasteiger charge is 2.37. The van der Waals surface area contributed by atoms with Crippen molar-refractivity contribution in [2.75, 3.05) is 56.2 Å². The van der Waals surface area contributed by atoms with Crippen molar-refractivity contribution >= 4 is 17.5 Å². The van der Waals surface area contributed by atoms with Gasteiger partial charge >= 0.3 is 6.09 Å². The first-order valence-corrected chi connectivity index (χ1v) is 13.0. The van der Waals surface area contributed by atoms with Crippen LogP contribution in [0, 0.1) is 5.82 Å². The molecule has 1 aromatic heterocycles. The van der Waals surface area contributed by atoms with Crippen LogP contribution < -0.4 is 9.80 Å². The molecule has 38 heavy (non-hydrogen) atoms. The standard InChI is InChI=1S/C25H35FN6O6/c1-16-11-22(23(33)24(34)37-16)29(2)6-5-17-13-31(28-27-17)14-19-15-32(25(35)38-19)18-3-4-21(20(26)12-18)30-7-9-36-10-8-30/h3-4,12-13,16,19,22-24,33-34H,5-11,14-15H2,1-2H3. The lowest BCUT2D eigenvalue weighted by atomic mass is 9.99. The molecule has 0 bridgehead atoms. The Hall–Kier alpha value is -2.84. The Balaban J connectivity index is 1.14. The second kappa shape index (κ2) is 11.5. The summed E-state index contributed by atoms with van der Waals surface area (Å²) in [5.41, 5.74) is 1.71. The van der Waals surface area contributed by atoms with E-state index in [0.29, 0.717) is 63.6 Å². The van der Waals surface area contributed by atoms with Gasteiger partial charge in [-0.3, -0.25) is 4.90 Å². The van der Waals surface area contributed by atoms with E-state index in [2.05, 4.69) is 10.3 Å². The molecule has 3 aliphatic rings. The molecule has 5 atom stereocenters. The summed E-state index contributed by atoms with van der Waals surface area (Å²) in [5.74, 6) is -0.385. The number of carbonyl (C=O) groups excluding carboxylic acids is 1. The minimum absolute atomic E-state index is 0.144. The third-order valence-electron chi connectivity index (χ3n) is 7.36. The fourth-order valence-electron chi connectivity index (χ4n) is 5.24. The van der Waals surface area contributed by atoms with Crippen molar-refractivity contribution < 1.29 is 33.6 Å². The van der Waals surface area contributed by atoms with Crippen molar-refractivity contribution in [3.05, 3.63) is 35.9 Å². The molecule has 4 heterocycles. The molecule has 0 saturated carbocycles. The summed E-state index contributed by atoms with van der Waals surface area (Å²) in [4.78, 5) is 17.9. The molecule has 1 aromatic carbocycles. The molecule has 13 heteroatoms. The molecule has 3 aliphatic heterocycles. The van der Waals surface area contributed by atoms with Gasteiger partial charge < -0.3 is 34.2 Å². The van der Waals surface area contributed by atoms with Crippen LogP contribution in [-0.2, 0) is 27.2 Å². The maximum Gasteiger partial charge on any atom is 0.414 e. The number of hydrogen-bond acceptors (Lipinski definition) is 10. The topological polar surface area (TPSA) is 126 Å². The second-order valence-electron chi connectivity index (χ2n) is 10.1. The number of morpholine rings is 1. The molecular formula is C25H35FN6O6. The maximum atomic E-state index is 14.9. The monoisotopic (exact) mass is 534 g/mol. The minimum Gasteiger partial charge on any atom is -0.442 e. The summed E-state index contributed by atoms with van der Waals surface area (Å²) < 4.78 is 32.6. The van der Waals surface area contributed by atoms with Crippen molar-refractivity contribution in [3.63, 3.8) is 0 Å². The van der Waals surface area contributed by atoms with Gasteiger partial charge in [0.2, 0.25) is 0 Å². The predicted molar refractivity (Wildman–Crippen MR) is 134 cm³/mol. The van der Waals surface area contributed by atoms with Crippen LogP contribution in [0.25, 0.3) is 0 Å². The number of hydrogen-bond donors (Lipinski definition) is 2. The lowest BCUT2D eigenvalue weighted by molar-refractivity contribution is -0.231. The summed E-state index contributed by atoms with van der Waals surface area (Å²) in [6, 6.07) is 4.57. The van der Waals surface area contributed by atoms with Crippen LogP contribution in [-0.4, -0.2) is 113 Å². The molecule has 12 nitrogen and oxygen atoms in total. The van der Waals surface area contributed by atoms with Crippen LogP contribution in [0.2, 0.25) is 0 Å². The molecule has 0 radical (unpaired) electrons. The van der Waals surface area contributed by atoms with Crippen molar-refractivity contribution in [2.45, 2.75) is 57.0 Å². The number of halogens is 1. The lowest BCUT2D eigenvalue weighted by Crippen LogP contribution is -2.54. The van der Waals surface area contributed by atoms with Crippen LogP contribution >= 0.6 is 0 Å². The van der Waals surface area contributed by atoms with Gasteiger partial charge in [-0.05, 0) is 38.6 Å². The molecule has 1 amide bonds. The molecule has 208 valence electrons. The highest BCUT2D eigenvalue weighted by molar-refractivity contribution is 5.90. The van der Waals surface area contributed by atoms with Crippen LogP contribution in [0.1, 0.15) is 19.0 Å². The van der Waals surface area contributed by atoms with Crippen LogP contribution in [0.4, 0.5) is 20.6 Å². The highest BCUT2D eigenvalue weighted by Crippen LogP contribution is 2.29. The predicted octanol–water partition coefficient (Wildman–Crippen LogP) is 0.610. The van der Waals surface area contributed by atoms with Crippen LogP contribution in [0.5, 0.6) is 0 Å². The Morgan fingerprint density at radius 3 is 2.79 bits per heavy atom. The summed E-state index contributed by atoms with van der Waals surface area (Å²) in [7, 11) is 1.89. The summed E-state index contributed by atoms with van der Waals surface area (Å²) in [6.07, 6.45) is -0.283. The van der Waals surface area contributed by atoms with E-state index in [4.69, 9.17) is 14.2 Å². The fraction of sp³-hybridized carbons (Fsp3) is 0.640. The van der Waals surface area contributed by atoms with Gasteiger partial charge in [0.05, 0.1) is 49.5 Å². The molecule has 2 aromatic rings. The normalized spacial score (nSPS) is 28.3. The first-order chi connectivity index (χ1) is 18.3. The average molecular weight is 535 g/mol. The SMILES string of the molecule is CC1CC(N(C)CCc2cn(CC3CN(c4ccc(N5CCOCC5)c(F)c4)C(=O)O3)nn2)C(O)C(O)O1. The highest BCUT2D eigenvalue weighted by atomic mass is 19.1. The van der Waals surface area contributed by atoms with Gasteiger partial charge in [0, 0.05) is 38.3 Å². The zero-order chi connectivity index (χ0) is 26.8. The Kier molecular flexibility index (Phi) is 8.09. The number of likely N-dealkylation sites (N-methyl/N-ethyl adjacent to an activating group) is 1. The zero-order valence-corrected chi connectivity index (χ0v) is 21.6. The van der Waals surface area contributed by atoms with E-state index in [9.17, 15) is 19.4 Å². The molecule has 2 N–H and O–H groups in total. The fourth-order valence-corrected chi connectivity index (χ4v) is 5.24. The summed E-state index contributed by atoms with van der Waals surface area (Å²) >= 11 is 0. The number of ether oxygens (including phenoxy) is 3. The molecule has 0 aliphatic carbocycles. The Bertz CT molecular complexity index is 1110. The molecule has 3 saturated heterocycles. The van der Waals surface area contributed by atoms with E-state index in [-0.39, 0.29) is 24.5 Å². The van der Waals surface area contributed by atoms with E-state index in [1.54, 1.807) is 23.0 Å². The number of benzene rings is 1. The van der Waals surface area contributed by atoms with Crippen LogP contribution in [0.3, 0.4) is 0 Å². The molecule has 5 unspecified atom stereocenters. The molecule has 0 spiro atoms. The zero-order valence-electron chi connectivity index (χ0n) is 21.6. The summed E-state index contributed by atoms with van der Waals surface area (Å²) in [6.45, 7) is 5.44. The van der Waals surface area contributed by atoms with E-state index >= 15 is 0 Å². The number of nitrogens with zero attached hydrogens (tertiary/aromatic N) is 6. The van der Waals surface area contributed by atoms with Crippen molar-refractivity contribution in [2.24, 2.45) is 0 Å². The largest absolute Gasteiger partial charge is 0.442 e. The number of carbonyl (C=O) groups is 1. The number of rotatable bonds is 8. The third-order valence-corrected chi connectivity index (χ3v) is 7.36. The van der Waals surface area contributed by atoms with E-state index in [0.717, 1.165) is 5.69 Å². The quantitative estimate of drug-likeness (QED) is 0.498. The van der Waals surface area contributed by atoms with E-state index < -0.39 is 24.6 Å². The smallest absolute Gasteiger partial charge is 0.414 e. The van der Waals surface area contributed by atoms with Gasteiger partial charge in [-0.2, -0.15) is 0 Å². The second-order valence-corrected chi connectivity index (χ2v) is 10.1. The van der Waals surface area contributed by atoms with E-state index in [1.807, 2.05) is 23.8 Å². The minimum atomic E-state index is -1.19. The number of cyclic esters (lactones) is 1. The van der Waals surface area contributed by atoms with Gasteiger partial charge in [-0.25, -0.2) is 13.9 Å². The van der Waals surface area contributed by atoms with Gasteiger partial charge in [0.15, 0.2) is 6.29 Å². The Morgan fingerprint density at radius 1 is 1.24 bits per heavy atom. The van der Waals surface area contributed by atoms with Crippen molar-refractivity contribution in [3.8, 4) is 0 Å². The third kappa shape index (κ3) is 5.91. The maximum absolute atomic E-state index is 14.9.